The van der Waals surface area contributed by atoms with E-state index in [4.69, 9.17) is 21.1 Å². The fraction of sp³-hybridized carbons (Fsp3) is 0.269. The number of fused-ring (bicyclic) bond motifs is 1. The van der Waals surface area contributed by atoms with Crippen molar-refractivity contribution in [2.24, 2.45) is 0 Å². The standard InChI is InChI=1S/C26H27ClN2O5S/c1-17-5-9-21(10-6-17)35(31,32)29-16-25(34-23-11-8-20(27)15-22(23)29)26(30)28-12-13-33-24-14-18(2)4-7-19(24)3/h4-11,14-15,25H,12-13,16H2,1-3H3,(H,28,30)/t25-/m1/s1. The van der Waals surface area contributed by atoms with Crippen molar-refractivity contribution in [1.82, 2.24) is 5.32 Å². The molecule has 0 bridgehead atoms. The van der Waals surface area contributed by atoms with Crippen LogP contribution in [0.25, 0.3) is 0 Å². The minimum absolute atomic E-state index is 0.122. The maximum atomic E-state index is 13.5. The minimum Gasteiger partial charge on any atom is -0.491 e. The van der Waals surface area contributed by atoms with Crippen molar-refractivity contribution in [3.63, 3.8) is 0 Å². The zero-order valence-electron chi connectivity index (χ0n) is 19.7. The monoisotopic (exact) mass is 514 g/mol. The van der Waals surface area contributed by atoms with Gasteiger partial charge in [-0.2, -0.15) is 0 Å². The van der Waals surface area contributed by atoms with Crippen LogP contribution in [0.1, 0.15) is 16.7 Å². The van der Waals surface area contributed by atoms with Crippen LogP contribution in [0.4, 0.5) is 5.69 Å². The Hall–Kier alpha value is -3.23. The van der Waals surface area contributed by atoms with Crippen LogP contribution >= 0.6 is 11.6 Å². The van der Waals surface area contributed by atoms with Gasteiger partial charge < -0.3 is 14.8 Å². The number of amides is 1. The number of anilines is 1. The van der Waals surface area contributed by atoms with E-state index in [1.807, 2.05) is 39.0 Å². The van der Waals surface area contributed by atoms with Gasteiger partial charge in [0.05, 0.1) is 23.7 Å². The number of ether oxygens (including phenoxy) is 2. The third-order valence-corrected chi connectivity index (χ3v) is 7.72. The number of rotatable bonds is 7. The Morgan fingerprint density at radius 2 is 1.77 bits per heavy atom. The number of halogens is 1. The molecule has 3 aromatic carbocycles. The fourth-order valence-electron chi connectivity index (χ4n) is 3.74. The molecule has 184 valence electrons. The summed E-state index contributed by atoms with van der Waals surface area (Å²) < 4.78 is 39.8. The van der Waals surface area contributed by atoms with Crippen LogP contribution in [-0.4, -0.2) is 40.1 Å². The summed E-state index contributed by atoms with van der Waals surface area (Å²) in [6.45, 7) is 6.13. The third-order valence-electron chi connectivity index (χ3n) is 5.69. The molecule has 0 saturated heterocycles. The van der Waals surface area contributed by atoms with Crippen LogP contribution in [-0.2, 0) is 14.8 Å². The lowest BCUT2D eigenvalue weighted by Crippen LogP contribution is -2.51. The molecule has 0 radical (unpaired) electrons. The first kappa shape index (κ1) is 24.9. The Morgan fingerprint density at radius 3 is 2.51 bits per heavy atom. The van der Waals surface area contributed by atoms with E-state index in [-0.39, 0.29) is 30.3 Å². The maximum Gasteiger partial charge on any atom is 0.264 e. The Labute approximate surface area is 210 Å². The largest absolute Gasteiger partial charge is 0.491 e. The second-order valence-electron chi connectivity index (χ2n) is 8.48. The molecule has 0 aromatic heterocycles. The van der Waals surface area contributed by atoms with Crippen LogP contribution in [0.5, 0.6) is 11.5 Å². The second-order valence-corrected chi connectivity index (χ2v) is 10.8. The van der Waals surface area contributed by atoms with E-state index in [0.717, 1.165) is 22.4 Å². The Morgan fingerprint density at radius 1 is 1.06 bits per heavy atom. The molecule has 1 atom stereocenters. The molecule has 1 aliphatic rings. The van der Waals surface area contributed by atoms with Gasteiger partial charge in [-0.25, -0.2) is 8.42 Å². The number of nitrogens with one attached hydrogen (secondary N) is 1. The van der Waals surface area contributed by atoms with E-state index in [0.29, 0.717) is 10.7 Å². The van der Waals surface area contributed by atoms with Gasteiger partial charge in [0.2, 0.25) is 0 Å². The smallest absolute Gasteiger partial charge is 0.264 e. The van der Waals surface area contributed by atoms with Crippen LogP contribution in [0.3, 0.4) is 0 Å². The summed E-state index contributed by atoms with van der Waals surface area (Å²) in [6.07, 6.45) is -1.04. The number of carbonyl (C=O) groups is 1. The van der Waals surface area contributed by atoms with Gasteiger partial charge in [0.25, 0.3) is 15.9 Å². The molecule has 1 heterocycles. The van der Waals surface area contributed by atoms with Gasteiger partial charge in [0.15, 0.2) is 6.10 Å². The van der Waals surface area contributed by atoms with Gasteiger partial charge in [-0.1, -0.05) is 41.4 Å². The highest BCUT2D eigenvalue weighted by molar-refractivity contribution is 7.92. The van der Waals surface area contributed by atoms with E-state index in [2.05, 4.69) is 5.32 Å². The molecule has 0 aliphatic carbocycles. The molecular weight excluding hydrogens is 488 g/mol. The predicted molar refractivity (Wildman–Crippen MR) is 136 cm³/mol. The van der Waals surface area contributed by atoms with Crippen LogP contribution < -0.4 is 19.1 Å². The first-order chi connectivity index (χ1) is 16.6. The van der Waals surface area contributed by atoms with Gasteiger partial charge in [0.1, 0.15) is 18.1 Å². The summed E-state index contributed by atoms with van der Waals surface area (Å²) in [6, 6.07) is 17.2. The molecule has 1 aliphatic heterocycles. The highest BCUT2D eigenvalue weighted by atomic mass is 35.5. The summed E-state index contributed by atoms with van der Waals surface area (Å²) >= 11 is 6.14. The van der Waals surface area contributed by atoms with E-state index >= 15 is 0 Å². The molecule has 7 nitrogen and oxygen atoms in total. The zero-order chi connectivity index (χ0) is 25.2. The highest BCUT2D eigenvalue weighted by Gasteiger charge is 2.37. The van der Waals surface area contributed by atoms with Crippen molar-refractivity contribution >= 4 is 33.2 Å². The van der Waals surface area contributed by atoms with Crippen molar-refractivity contribution in [1.29, 1.82) is 0 Å². The van der Waals surface area contributed by atoms with Crippen LogP contribution in [0.2, 0.25) is 5.02 Å². The highest BCUT2D eigenvalue weighted by Crippen LogP contribution is 2.38. The quantitative estimate of drug-likeness (QED) is 0.472. The van der Waals surface area contributed by atoms with Crippen molar-refractivity contribution in [3.05, 3.63) is 82.4 Å². The lowest BCUT2D eigenvalue weighted by atomic mass is 10.1. The summed E-state index contributed by atoms with van der Waals surface area (Å²) in [5.74, 6) is 0.594. The van der Waals surface area contributed by atoms with Crippen molar-refractivity contribution in [2.45, 2.75) is 31.8 Å². The van der Waals surface area contributed by atoms with E-state index in [9.17, 15) is 13.2 Å². The minimum atomic E-state index is -3.96. The maximum absolute atomic E-state index is 13.5. The molecule has 0 spiro atoms. The number of carbonyl (C=O) groups excluding carboxylic acids is 1. The number of hydrogen-bond donors (Lipinski definition) is 1. The van der Waals surface area contributed by atoms with Gasteiger partial charge >= 0.3 is 0 Å². The SMILES string of the molecule is Cc1ccc(S(=O)(=O)N2C[C@H](C(=O)NCCOc3cc(C)ccc3C)Oc3ccc(Cl)cc32)cc1. The van der Waals surface area contributed by atoms with Gasteiger partial charge in [-0.15, -0.1) is 0 Å². The first-order valence-electron chi connectivity index (χ1n) is 11.2. The average molecular weight is 515 g/mol. The first-order valence-corrected chi connectivity index (χ1v) is 13.0. The fourth-order valence-corrected chi connectivity index (χ4v) is 5.37. The van der Waals surface area contributed by atoms with Gasteiger partial charge in [-0.05, 0) is 68.3 Å². The molecule has 0 unspecified atom stereocenters. The Kier molecular flexibility index (Phi) is 7.23. The summed E-state index contributed by atoms with van der Waals surface area (Å²) in [5, 5.41) is 3.15. The molecule has 1 N–H and O–H groups in total. The van der Waals surface area contributed by atoms with E-state index in [1.165, 1.54) is 10.4 Å². The average Bonchev–Trinajstić information content (AvgIpc) is 2.83. The molecule has 1 amide bonds. The Balaban J connectivity index is 1.49. The van der Waals surface area contributed by atoms with E-state index in [1.54, 1.807) is 36.4 Å². The summed E-state index contributed by atoms with van der Waals surface area (Å²) in [5.41, 5.74) is 3.32. The molecular formula is C26H27ClN2O5S. The number of nitrogens with zero attached hydrogens (tertiary/aromatic N) is 1. The zero-order valence-corrected chi connectivity index (χ0v) is 21.3. The molecule has 4 rings (SSSR count). The topological polar surface area (TPSA) is 84.9 Å². The molecule has 0 fully saturated rings. The van der Waals surface area contributed by atoms with Gasteiger partial charge in [-0.3, -0.25) is 9.10 Å². The van der Waals surface area contributed by atoms with Gasteiger partial charge in [0, 0.05) is 5.02 Å². The van der Waals surface area contributed by atoms with Crippen molar-refractivity contribution < 1.29 is 22.7 Å². The number of benzene rings is 3. The van der Waals surface area contributed by atoms with Crippen molar-refractivity contribution in [2.75, 3.05) is 24.0 Å². The Bertz CT molecular complexity index is 1340. The van der Waals surface area contributed by atoms with E-state index < -0.39 is 22.0 Å². The normalized spacial score (nSPS) is 15.2. The number of aryl methyl sites for hydroxylation is 3. The van der Waals surface area contributed by atoms with Crippen LogP contribution in [0, 0.1) is 20.8 Å². The molecule has 35 heavy (non-hydrogen) atoms. The second kappa shape index (κ2) is 10.2. The summed E-state index contributed by atoms with van der Waals surface area (Å²) in [7, 11) is -3.96. The lowest BCUT2D eigenvalue weighted by molar-refractivity contribution is -0.127. The summed E-state index contributed by atoms with van der Waals surface area (Å²) in [4.78, 5) is 13.0. The molecule has 0 saturated carbocycles. The molecule has 9 heteroatoms. The number of hydrogen-bond acceptors (Lipinski definition) is 5. The predicted octanol–water partition coefficient (Wildman–Crippen LogP) is 4.42. The third kappa shape index (κ3) is 5.55. The number of sulfonamides is 1. The van der Waals surface area contributed by atoms with Crippen molar-refractivity contribution in [3.8, 4) is 11.5 Å². The molecule has 3 aromatic rings. The van der Waals surface area contributed by atoms with Crippen LogP contribution in [0.15, 0.2) is 65.6 Å². The lowest BCUT2D eigenvalue weighted by Gasteiger charge is -2.34.